The largest absolute Gasteiger partial charge is 0.390 e. The Hall–Kier alpha value is -0.0800. The van der Waals surface area contributed by atoms with E-state index >= 15 is 0 Å². The molecule has 2 heteroatoms. The summed E-state index contributed by atoms with van der Waals surface area (Å²) in [7, 11) is 1.78. The minimum atomic E-state index is -0.236. The highest BCUT2D eigenvalue weighted by molar-refractivity contribution is 5.08. The van der Waals surface area contributed by atoms with Crippen LogP contribution in [0.2, 0.25) is 0 Å². The molecule has 0 aliphatic heterocycles. The van der Waals surface area contributed by atoms with Crippen LogP contribution in [0.1, 0.15) is 71.6 Å². The van der Waals surface area contributed by atoms with Gasteiger partial charge in [-0.15, -0.1) is 0 Å². The van der Waals surface area contributed by atoms with Gasteiger partial charge >= 0.3 is 0 Å². The van der Waals surface area contributed by atoms with Crippen LogP contribution in [-0.2, 0) is 4.74 Å². The molecule has 4 rings (SSSR count). The minimum Gasteiger partial charge on any atom is -0.390 e. The molecule has 8 unspecified atom stereocenters. The smallest absolute Gasteiger partial charge is 0.0835 e. The van der Waals surface area contributed by atoms with Crippen molar-refractivity contribution in [1.82, 2.24) is 0 Å². The number of rotatable bonds is 1. The maximum Gasteiger partial charge on any atom is 0.0835 e. The second-order valence-corrected chi connectivity index (χ2v) is 9.52. The number of hydrogen-bond acceptors (Lipinski definition) is 2. The highest BCUT2D eigenvalue weighted by Gasteiger charge is 2.59. The second kappa shape index (κ2) is 5.21. The van der Waals surface area contributed by atoms with E-state index in [1.54, 1.807) is 7.11 Å². The molecule has 4 aliphatic carbocycles. The van der Waals surface area contributed by atoms with Crippen LogP contribution in [0.4, 0.5) is 0 Å². The molecule has 0 bridgehead atoms. The lowest BCUT2D eigenvalue weighted by atomic mass is 9.45. The predicted molar refractivity (Wildman–Crippen MR) is 88.5 cm³/mol. The summed E-state index contributed by atoms with van der Waals surface area (Å²) in [6.07, 6.45) is 11.9. The zero-order valence-corrected chi connectivity index (χ0v) is 14.7. The average molecular weight is 306 g/mol. The highest BCUT2D eigenvalue weighted by Crippen LogP contribution is 2.66. The summed E-state index contributed by atoms with van der Waals surface area (Å²) in [5, 5.41) is 10.4. The van der Waals surface area contributed by atoms with Gasteiger partial charge in [-0.2, -0.15) is 0 Å². The number of fused-ring (bicyclic) bond motifs is 5. The van der Waals surface area contributed by atoms with E-state index in [9.17, 15) is 5.11 Å². The van der Waals surface area contributed by atoms with Gasteiger partial charge in [-0.1, -0.05) is 20.3 Å². The maximum absolute atomic E-state index is 10.4. The lowest BCUT2D eigenvalue weighted by Crippen LogP contribution is -2.56. The molecule has 0 aromatic rings. The maximum atomic E-state index is 10.4. The zero-order valence-electron chi connectivity index (χ0n) is 14.7. The fourth-order valence-corrected chi connectivity index (χ4v) is 7.49. The van der Waals surface area contributed by atoms with Gasteiger partial charge < -0.3 is 9.84 Å². The summed E-state index contributed by atoms with van der Waals surface area (Å²) in [6.45, 7) is 5.13. The van der Waals surface area contributed by atoms with Crippen LogP contribution in [0.3, 0.4) is 0 Å². The number of aliphatic hydroxyl groups is 1. The normalized spacial score (nSPS) is 57.8. The summed E-state index contributed by atoms with van der Waals surface area (Å²) in [5.41, 5.74) is 1.06. The SMILES string of the molecule is COC1CC2(C)C(CCC3C4CCCC4(C)CCC32)CC1O. The molecule has 126 valence electrons. The van der Waals surface area contributed by atoms with Crippen molar-refractivity contribution in [2.45, 2.75) is 83.8 Å². The van der Waals surface area contributed by atoms with Crippen molar-refractivity contribution >= 4 is 0 Å². The van der Waals surface area contributed by atoms with Crippen molar-refractivity contribution < 1.29 is 9.84 Å². The predicted octanol–water partition coefficient (Wildman–Crippen LogP) is 4.41. The molecule has 4 aliphatic rings. The Morgan fingerprint density at radius 3 is 2.59 bits per heavy atom. The molecule has 0 aromatic heterocycles. The van der Waals surface area contributed by atoms with E-state index in [4.69, 9.17) is 4.74 Å². The summed E-state index contributed by atoms with van der Waals surface area (Å²) in [5.74, 6) is 3.54. The van der Waals surface area contributed by atoms with Crippen molar-refractivity contribution in [3.8, 4) is 0 Å². The van der Waals surface area contributed by atoms with Crippen LogP contribution < -0.4 is 0 Å². The Balaban J connectivity index is 1.62. The molecule has 4 fully saturated rings. The monoisotopic (exact) mass is 306 g/mol. The summed E-state index contributed by atoms with van der Waals surface area (Å²) < 4.78 is 5.65. The molecule has 1 N–H and O–H groups in total. The Kier molecular flexibility index (Phi) is 3.66. The van der Waals surface area contributed by atoms with Gasteiger partial charge in [0.2, 0.25) is 0 Å². The second-order valence-electron chi connectivity index (χ2n) is 9.52. The molecule has 0 saturated heterocycles. The Morgan fingerprint density at radius 1 is 1.00 bits per heavy atom. The van der Waals surface area contributed by atoms with E-state index in [2.05, 4.69) is 13.8 Å². The summed E-state index contributed by atoms with van der Waals surface area (Å²) in [4.78, 5) is 0. The third kappa shape index (κ3) is 2.05. The van der Waals surface area contributed by atoms with Gasteiger partial charge in [0.05, 0.1) is 12.2 Å². The lowest BCUT2D eigenvalue weighted by molar-refractivity contribution is -0.163. The molecule has 0 aromatic carbocycles. The molecule has 8 atom stereocenters. The molecule has 0 amide bonds. The van der Waals surface area contributed by atoms with Crippen LogP contribution in [0.15, 0.2) is 0 Å². The first-order chi connectivity index (χ1) is 10.5. The summed E-state index contributed by atoms with van der Waals surface area (Å²) >= 11 is 0. The van der Waals surface area contributed by atoms with Gasteiger partial charge in [0.1, 0.15) is 0 Å². The standard InChI is InChI=1S/C20H34O2/c1-19-9-4-5-15(19)14-7-6-13-11-17(21)18(22-3)12-20(13,2)16(14)8-10-19/h13-18,21H,4-12H2,1-3H3. The van der Waals surface area contributed by atoms with Crippen molar-refractivity contribution in [3.63, 3.8) is 0 Å². The van der Waals surface area contributed by atoms with Crippen LogP contribution in [0.25, 0.3) is 0 Å². The first-order valence-electron chi connectivity index (χ1n) is 9.69. The van der Waals surface area contributed by atoms with Gasteiger partial charge in [-0.25, -0.2) is 0 Å². The van der Waals surface area contributed by atoms with Gasteiger partial charge in [0, 0.05) is 7.11 Å². The molecule has 0 radical (unpaired) electrons. The van der Waals surface area contributed by atoms with Crippen LogP contribution in [0, 0.1) is 34.5 Å². The van der Waals surface area contributed by atoms with E-state index in [0.29, 0.717) is 10.8 Å². The number of ether oxygens (including phenoxy) is 1. The molecule has 0 heterocycles. The molecule has 2 nitrogen and oxygen atoms in total. The van der Waals surface area contributed by atoms with E-state index in [-0.39, 0.29) is 12.2 Å². The topological polar surface area (TPSA) is 29.5 Å². The fourth-order valence-electron chi connectivity index (χ4n) is 7.49. The Labute approximate surface area is 136 Å². The summed E-state index contributed by atoms with van der Waals surface area (Å²) in [6, 6.07) is 0. The Bertz CT molecular complexity index is 435. The molecule has 22 heavy (non-hydrogen) atoms. The molecule has 4 saturated carbocycles. The van der Waals surface area contributed by atoms with E-state index in [0.717, 1.165) is 36.5 Å². The van der Waals surface area contributed by atoms with Gasteiger partial charge in [0.25, 0.3) is 0 Å². The number of hydrogen-bond donors (Lipinski definition) is 1. The van der Waals surface area contributed by atoms with Crippen molar-refractivity contribution in [3.05, 3.63) is 0 Å². The van der Waals surface area contributed by atoms with Gasteiger partial charge in [-0.3, -0.25) is 0 Å². The third-order valence-corrected chi connectivity index (χ3v) is 8.75. The first-order valence-corrected chi connectivity index (χ1v) is 9.69. The molecule has 0 spiro atoms. The number of methoxy groups -OCH3 is 1. The van der Waals surface area contributed by atoms with Crippen molar-refractivity contribution in [2.75, 3.05) is 7.11 Å². The van der Waals surface area contributed by atoms with Gasteiger partial charge in [-0.05, 0) is 85.9 Å². The lowest BCUT2D eigenvalue weighted by Gasteiger charge is -2.61. The molecular weight excluding hydrogens is 272 g/mol. The minimum absolute atomic E-state index is 0.0666. The highest BCUT2D eigenvalue weighted by atomic mass is 16.5. The van der Waals surface area contributed by atoms with E-state index in [1.807, 2.05) is 0 Å². The third-order valence-electron chi connectivity index (χ3n) is 8.75. The average Bonchev–Trinajstić information content (AvgIpc) is 2.89. The fraction of sp³-hybridized carbons (Fsp3) is 1.00. The molecular formula is C20H34O2. The van der Waals surface area contributed by atoms with Crippen LogP contribution in [0.5, 0.6) is 0 Å². The van der Waals surface area contributed by atoms with Gasteiger partial charge in [0.15, 0.2) is 0 Å². The Morgan fingerprint density at radius 2 is 1.82 bits per heavy atom. The quantitative estimate of drug-likeness (QED) is 0.778. The number of aliphatic hydroxyl groups excluding tert-OH is 1. The van der Waals surface area contributed by atoms with Crippen molar-refractivity contribution in [2.24, 2.45) is 34.5 Å². The van der Waals surface area contributed by atoms with E-state index in [1.165, 1.54) is 44.9 Å². The van der Waals surface area contributed by atoms with Crippen molar-refractivity contribution in [1.29, 1.82) is 0 Å². The van der Waals surface area contributed by atoms with Crippen LogP contribution in [-0.4, -0.2) is 24.4 Å². The van der Waals surface area contributed by atoms with E-state index < -0.39 is 0 Å². The zero-order chi connectivity index (χ0) is 15.5. The first kappa shape index (κ1) is 15.4. The van der Waals surface area contributed by atoms with Crippen LogP contribution >= 0.6 is 0 Å².